The van der Waals surface area contributed by atoms with E-state index in [9.17, 15) is 4.79 Å². The predicted molar refractivity (Wildman–Crippen MR) is 107 cm³/mol. The standard InChI is InChI=1S/C18H18Cl3NO2S/c1-12(24-14-7-5-13(19)6-8-14)18(23)22-9-10-25-11-15-16(20)3-2-4-17(15)21/h2-8,12H,9-11H2,1H3,(H,22,23)/t12-/m1/s1. The van der Waals surface area contributed by atoms with Crippen molar-refractivity contribution in [3.8, 4) is 5.75 Å². The van der Waals surface area contributed by atoms with Crippen LogP contribution in [0.1, 0.15) is 12.5 Å². The van der Waals surface area contributed by atoms with Crippen LogP contribution >= 0.6 is 46.6 Å². The van der Waals surface area contributed by atoms with E-state index in [0.717, 1.165) is 11.3 Å². The van der Waals surface area contributed by atoms with Gasteiger partial charge in [0.05, 0.1) is 0 Å². The Morgan fingerprint density at radius 2 is 1.76 bits per heavy atom. The highest BCUT2D eigenvalue weighted by Gasteiger charge is 2.14. The minimum absolute atomic E-state index is 0.161. The van der Waals surface area contributed by atoms with E-state index in [2.05, 4.69) is 5.32 Å². The van der Waals surface area contributed by atoms with Crippen molar-refractivity contribution in [1.82, 2.24) is 5.32 Å². The molecule has 1 atom stereocenters. The van der Waals surface area contributed by atoms with Crippen LogP contribution in [0.4, 0.5) is 0 Å². The Balaban J connectivity index is 1.68. The number of carbonyl (C=O) groups excluding carboxylic acids is 1. The van der Waals surface area contributed by atoms with Crippen LogP contribution < -0.4 is 10.1 Å². The first-order valence-corrected chi connectivity index (χ1v) is 9.97. The van der Waals surface area contributed by atoms with Gasteiger partial charge in [-0.25, -0.2) is 0 Å². The van der Waals surface area contributed by atoms with Crippen LogP contribution in [0.5, 0.6) is 5.75 Å². The number of hydrogen-bond acceptors (Lipinski definition) is 3. The maximum absolute atomic E-state index is 12.0. The molecule has 0 fully saturated rings. The van der Waals surface area contributed by atoms with Gasteiger partial charge in [0.2, 0.25) is 0 Å². The number of amides is 1. The second-order valence-electron chi connectivity index (χ2n) is 5.26. The summed E-state index contributed by atoms with van der Waals surface area (Å²) in [6.07, 6.45) is -0.579. The molecule has 0 saturated heterocycles. The van der Waals surface area contributed by atoms with Gasteiger partial charge in [-0.2, -0.15) is 11.8 Å². The Bertz CT molecular complexity index is 690. The third kappa shape index (κ3) is 6.63. The summed E-state index contributed by atoms with van der Waals surface area (Å²) in [5.41, 5.74) is 0.918. The summed E-state index contributed by atoms with van der Waals surface area (Å²) in [7, 11) is 0. The molecule has 134 valence electrons. The minimum Gasteiger partial charge on any atom is -0.481 e. The quantitative estimate of drug-likeness (QED) is 0.578. The van der Waals surface area contributed by atoms with E-state index in [0.29, 0.717) is 33.1 Å². The molecule has 0 aliphatic rings. The minimum atomic E-state index is -0.579. The predicted octanol–water partition coefficient (Wildman–Crippen LogP) is 5.46. The van der Waals surface area contributed by atoms with Crippen LogP contribution in [-0.4, -0.2) is 24.3 Å². The molecule has 0 saturated carbocycles. The normalized spacial score (nSPS) is 11.8. The molecule has 1 amide bonds. The van der Waals surface area contributed by atoms with Crippen molar-refractivity contribution in [2.45, 2.75) is 18.8 Å². The van der Waals surface area contributed by atoms with Crippen molar-refractivity contribution in [1.29, 1.82) is 0 Å². The van der Waals surface area contributed by atoms with Crippen molar-refractivity contribution in [2.75, 3.05) is 12.3 Å². The lowest BCUT2D eigenvalue weighted by Crippen LogP contribution is -2.37. The van der Waals surface area contributed by atoms with Gasteiger partial charge in [0, 0.05) is 33.1 Å². The van der Waals surface area contributed by atoms with Gasteiger partial charge in [0.25, 0.3) is 5.91 Å². The number of nitrogens with one attached hydrogen (secondary N) is 1. The van der Waals surface area contributed by atoms with Crippen LogP contribution in [0.25, 0.3) is 0 Å². The van der Waals surface area contributed by atoms with Gasteiger partial charge >= 0.3 is 0 Å². The molecular weight excluding hydrogens is 401 g/mol. The lowest BCUT2D eigenvalue weighted by atomic mass is 10.2. The number of benzene rings is 2. The van der Waals surface area contributed by atoms with Crippen LogP contribution in [0, 0.1) is 0 Å². The lowest BCUT2D eigenvalue weighted by Gasteiger charge is -2.14. The average molecular weight is 419 g/mol. The molecule has 1 N–H and O–H groups in total. The third-order valence-corrected chi connectivity index (χ3v) is 5.30. The first-order valence-electron chi connectivity index (χ1n) is 7.68. The molecule has 0 radical (unpaired) electrons. The number of thioether (sulfide) groups is 1. The largest absolute Gasteiger partial charge is 0.481 e. The fourth-order valence-corrected chi connectivity index (χ4v) is 3.73. The Morgan fingerprint density at radius 3 is 2.40 bits per heavy atom. The second kappa shape index (κ2) is 10.2. The molecule has 3 nitrogen and oxygen atoms in total. The number of rotatable bonds is 8. The van der Waals surface area contributed by atoms with Crippen molar-refractivity contribution in [3.05, 3.63) is 63.1 Å². The highest BCUT2D eigenvalue weighted by atomic mass is 35.5. The average Bonchev–Trinajstić information content (AvgIpc) is 2.58. The second-order valence-corrected chi connectivity index (χ2v) is 7.61. The maximum atomic E-state index is 12.0. The molecular formula is C18H18Cl3NO2S. The first kappa shape index (κ1) is 20.2. The molecule has 0 unspecified atom stereocenters. The van der Waals surface area contributed by atoms with E-state index in [1.807, 2.05) is 18.2 Å². The molecule has 2 aromatic carbocycles. The molecule has 0 aliphatic heterocycles. The molecule has 2 rings (SSSR count). The van der Waals surface area contributed by atoms with Gasteiger partial charge in [-0.15, -0.1) is 0 Å². The zero-order valence-corrected chi connectivity index (χ0v) is 16.7. The molecule has 0 bridgehead atoms. The van der Waals surface area contributed by atoms with Gasteiger partial charge < -0.3 is 10.1 Å². The Morgan fingerprint density at radius 1 is 1.12 bits per heavy atom. The molecule has 7 heteroatoms. The number of hydrogen-bond donors (Lipinski definition) is 1. The fraction of sp³-hybridized carbons (Fsp3) is 0.278. The topological polar surface area (TPSA) is 38.3 Å². The summed E-state index contributed by atoms with van der Waals surface area (Å²) in [4.78, 5) is 12.0. The van der Waals surface area contributed by atoms with Crippen molar-refractivity contribution >= 4 is 52.5 Å². The van der Waals surface area contributed by atoms with Crippen molar-refractivity contribution in [3.63, 3.8) is 0 Å². The fourth-order valence-electron chi connectivity index (χ4n) is 2.01. The summed E-state index contributed by atoms with van der Waals surface area (Å²) < 4.78 is 5.58. The number of carbonyl (C=O) groups is 1. The van der Waals surface area contributed by atoms with Crippen molar-refractivity contribution in [2.24, 2.45) is 0 Å². The number of halogens is 3. The smallest absolute Gasteiger partial charge is 0.260 e. The van der Waals surface area contributed by atoms with Gasteiger partial charge in [-0.3, -0.25) is 4.79 Å². The highest BCUT2D eigenvalue weighted by molar-refractivity contribution is 7.98. The monoisotopic (exact) mass is 417 g/mol. The summed E-state index contributed by atoms with van der Waals surface area (Å²) in [6.45, 7) is 2.25. The van der Waals surface area contributed by atoms with Crippen molar-refractivity contribution < 1.29 is 9.53 Å². The molecule has 0 spiro atoms. The summed E-state index contributed by atoms with van der Waals surface area (Å²) in [6, 6.07) is 12.4. The van der Waals surface area contributed by atoms with Crippen LogP contribution in [0.3, 0.4) is 0 Å². The Hall–Kier alpha value is -1.07. The highest BCUT2D eigenvalue weighted by Crippen LogP contribution is 2.28. The van der Waals surface area contributed by atoms with E-state index in [1.165, 1.54) is 0 Å². The first-order chi connectivity index (χ1) is 12.0. The third-order valence-electron chi connectivity index (χ3n) is 3.35. The number of ether oxygens (including phenoxy) is 1. The Kier molecular flexibility index (Phi) is 8.24. The van der Waals surface area contributed by atoms with Gasteiger partial charge in [-0.05, 0) is 48.9 Å². The lowest BCUT2D eigenvalue weighted by molar-refractivity contribution is -0.127. The summed E-state index contributed by atoms with van der Waals surface area (Å²) >= 11 is 19.7. The zero-order chi connectivity index (χ0) is 18.2. The maximum Gasteiger partial charge on any atom is 0.260 e. The van der Waals surface area contributed by atoms with E-state index in [1.54, 1.807) is 43.0 Å². The molecule has 0 aliphatic carbocycles. The van der Waals surface area contributed by atoms with E-state index < -0.39 is 6.10 Å². The SMILES string of the molecule is C[C@@H](Oc1ccc(Cl)cc1)C(=O)NCCSCc1c(Cl)cccc1Cl. The van der Waals surface area contributed by atoms with Gasteiger partial charge in [-0.1, -0.05) is 40.9 Å². The van der Waals surface area contributed by atoms with E-state index in [-0.39, 0.29) is 5.91 Å². The van der Waals surface area contributed by atoms with Gasteiger partial charge in [0.15, 0.2) is 6.10 Å². The zero-order valence-electron chi connectivity index (χ0n) is 13.6. The van der Waals surface area contributed by atoms with Crippen LogP contribution in [0.2, 0.25) is 15.1 Å². The van der Waals surface area contributed by atoms with Crippen LogP contribution in [-0.2, 0) is 10.5 Å². The molecule has 0 aromatic heterocycles. The van der Waals surface area contributed by atoms with Gasteiger partial charge in [0.1, 0.15) is 5.75 Å². The summed E-state index contributed by atoms with van der Waals surface area (Å²) in [5.74, 6) is 1.90. The molecule has 0 heterocycles. The molecule has 25 heavy (non-hydrogen) atoms. The summed E-state index contributed by atoms with van der Waals surface area (Å²) in [5, 5.41) is 4.80. The van der Waals surface area contributed by atoms with Crippen LogP contribution in [0.15, 0.2) is 42.5 Å². The van der Waals surface area contributed by atoms with E-state index in [4.69, 9.17) is 39.5 Å². The van der Waals surface area contributed by atoms with E-state index >= 15 is 0 Å². The Labute approximate surface area is 167 Å². The molecule has 2 aromatic rings.